The maximum absolute atomic E-state index is 14.0. The molecule has 1 atom stereocenters. The van der Waals surface area contributed by atoms with E-state index in [9.17, 15) is 9.59 Å². The molecule has 1 aliphatic carbocycles. The Morgan fingerprint density at radius 3 is 2.45 bits per heavy atom. The van der Waals surface area contributed by atoms with Crippen molar-refractivity contribution in [2.24, 2.45) is 0 Å². The van der Waals surface area contributed by atoms with E-state index in [4.69, 9.17) is 0 Å². The lowest BCUT2D eigenvalue weighted by atomic mass is 9.90. The summed E-state index contributed by atoms with van der Waals surface area (Å²) in [5, 5.41) is 3.32. The van der Waals surface area contributed by atoms with Crippen LogP contribution in [0, 0.1) is 13.8 Å². The molecule has 1 unspecified atom stereocenters. The summed E-state index contributed by atoms with van der Waals surface area (Å²) >= 11 is 1.74. The molecule has 3 heterocycles. The highest BCUT2D eigenvalue weighted by Gasteiger charge is 2.49. The molecule has 5 rings (SSSR count). The van der Waals surface area contributed by atoms with Crippen LogP contribution >= 0.6 is 11.3 Å². The number of nitrogens with one attached hydrogen (secondary N) is 1. The Labute approximate surface area is 199 Å². The zero-order valence-electron chi connectivity index (χ0n) is 20.0. The SMILES string of the molecule is CCc1cc2c(cc3n2CC(C)(C(=O)NC2CCCCC2)N(c2cc(C)cc(C)c2)C3=O)s1. The van der Waals surface area contributed by atoms with Crippen molar-refractivity contribution in [2.45, 2.75) is 84.3 Å². The van der Waals surface area contributed by atoms with Gasteiger partial charge < -0.3 is 9.88 Å². The largest absolute Gasteiger partial charge is 0.351 e. The molecule has 0 saturated heterocycles. The number of fused-ring (bicyclic) bond motifs is 3. The van der Waals surface area contributed by atoms with Crippen LogP contribution < -0.4 is 10.2 Å². The smallest absolute Gasteiger partial charge is 0.275 e. The van der Waals surface area contributed by atoms with E-state index < -0.39 is 5.54 Å². The van der Waals surface area contributed by atoms with Crippen LogP contribution in [0.2, 0.25) is 0 Å². The van der Waals surface area contributed by atoms with E-state index in [1.54, 1.807) is 16.2 Å². The summed E-state index contributed by atoms with van der Waals surface area (Å²) in [6, 6.07) is 10.5. The van der Waals surface area contributed by atoms with Crippen LogP contribution in [0.4, 0.5) is 5.69 Å². The van der Waals surface area contributed by atoms with Gasteiger partial charge >= 0.3 is 0 Å². The Balaban J connectivity index is 1.62. The number of hydrogen-bond donors (Lipinski definition) is 1. The second kappa shape index (κ2) is 8.32. The van der Waals surface area contributed by atoms with E-state index in [-0.39, 0.29) is 17.9 Å². The Morgan fingerprint density at radius 1 is 1.09 bits per heavy atom. The monoisotopic (exact) mass is 463 g/mol. The highest BCUT2D eigenvalue weighted by Crippen LogP contribution is 2.39. The lowest BCUT2D eigenvalue weighted by molar-refractivity contribution is -0.127. The molecule has 33 heavy (non-hydrogen) atoms. The third-order valence-corrected chi connectivity index (χ3v) is 8.48. The molecule has 0 radical (unpaired) electrons. The van der Waals surface area contributed by atoms with Crippen LogP contribution in [0.15, 0.2) is 30.3 Å². The van der Waals surface area contributed by atoms with Gasteiger partial charge in [0.2, 0.25) is 5.91 Å². The van der Waals surface area contributed by atoms with Crippen molar-refractivity contribution in [2.75, 3.05) is 4.90 Å². The van der Waals surface area contributed by atoms with E-state index in [1.165, 1.54) is 11.3 Å². The molecule has 1 saturated carbocycles. The first kappa shape index (κ1) is 22.2. The zero-order valence-corrected chi connectivity index (χ0v) is 20.8. The summed E-state index contributed by atoms with van der Waals surface area (Å²) in [5.74, 6) is -0.158. The van der Waals surface area contributed by atoms with Gasteiger partial charge in [0, 0.05) is 16.6 Å². The van der Waals surface area contributed by atoms with Crippen molar-refractivity contribution in [1.82, 2.24) is 9.88 Å². The molecule has 6 heteroatoms. The number of nitrogens with zero attached hydrogens (tertiary/aromatic N) is 2. The standard InChI is InChI=1S/C27H33N3O2S/c1-5-21-14-22-24(33-21)15-23-25(31)30(20-12-17(2)11-18(3)13-20)27(4,16-29(22)23)26(32)28-19-9-7-6-8-10-19/h11-15,19H,5-10,16H2,1-4H3,(H,28,32). The molecule has 1 aliphatic heterocycles. The average Bonchev–Trinajstić information content (AvgIpc) is 3.32. The van der Waals surface area contributed by atoms with Gasteiger partial charge in [-0.1, -0.05) is 32.3 Å². The maximum atomic E-state index is 14.0. The molecule has 1 fully saturated rings. The average molecular weight is 464 g/mol. The summed E-state index contributed by atoms with van der Waals surface area (Å²) in [5.41, 5.74) is 3.69. The lowest BCUT2D eigenvalue weighted by Crippen LogP contribution is -2.65. The third-order valence-electron chi connectivity index (χ3n) is 7.27. The molecular formula is C27H33N3O2S. The summed E-state index contributed by atoms with van der Waals surface area (Å²) < 4.78 is 3.19. The van der Waals surface area contributed by atoms with Gasteiger partial charge in [0.15, 0.2) is 0 Å². The van der Waals surface area contributed by atoms with Crippen molar-refractivity contribution in [1.29, 1.82) is 0 Å². The van der Waals surface area contributed by atoms with Crippen molar-refractivity contribution >= 4 is 39.1 Å². The van der Waals surface area contributed by atoms with Gasteiger partial charge in [-0.2, -0.15) is 0 Å². The predicted molar refractivity (Wildman–Crippen MR) is 135 cm³/mol. The van der Waals surface area contributed by atoms with Gasteiger partial charge in [-0.05, 0) is 75.4 Å². The van der Waals surface area contributed by atoms with Gasteiger partial charge in [-0.25, -0.2) is 0 Å². The summed E-state index contributed by atoms with van der Waals surface area (Å²) in [6.45, 7) is 8.60. The number of carbonyl (C=O) groups is 2. The Hall–Kier alpha value is -2.60. The number of thiophene rings is 1. The second-order valence-corrected chi connectivity index (χ2v) is 11.2. The van der Waals surface area contributed by atoms with E-state index in [1.807, 2.05) is 39.0 Å². The minimum atomic E-state index is -1.01. The summed E-state index contributed by atoms with van der Waals surface area (Å²) in [4.78, 5) is 31.0. The number of carbonyl (C=O) groups excluding carboxylic acids is 2. The zero-order chi connectivity index (χ0) is 23.3. The molecule has 5 nitrogen and oxygen atoms in total. The summed E-state index contributed by atoms with van der Waals surface area (Å²) in [6.07, 6.45) is 6.54. The molecule has 2 amide bonds. The molecule has 0 spiro atoms. The van der Waals surface area contributed by atoms with E-state index in [2.05, 4.69) is 28.9 Å². The van der Waals surface area contributed by atoms with Gasteiger partial charge in [-0.3, -0.25) is 14.5 Å². The summed E-state index contributed by atoms with van der Waals surface area (Å²) in [7, 11) is 0. The van der Waals surface area contributed by atoms with Crippen LogP contribution in [0.1, 0.15) is 72.4 Å². The Bertz CT molecular complexity index is 1210. The number of rotatable bonds is 4. The highest BCUT2D eigenvalue weighted by molar-refractivity contribution is 7.19. The minimum absolute atomic E-state index is 0.0552. The van der Waals surface area contributed by atoms with Gasteiger partial charge in [-0.15, -0.1) is 11.3 Å². The first-order valence-corrected chi connectivity index (χ1v) is 13.0. The molecule has 3 aromatic rings. The molecular weight excluding hydrogens is 430 g/mol. The fraction of sp³-hybridized carbons (Fsp3) is 0.481. The number of benzene rings is 1. The Kier molecular flexibility index (Phi) is 5.60. The molecule has 2 aliphatic rings. The van der Waals surface area contributed by atoms with Crippen molar-refractivity contribution < 1.29 is 9.59 Å². The third kappa shape index (κ3) is 3.78. The predicted octanol–water partition coefficient (Wildman–Crippen LogP) is 5.75. The molecule has 2 aromatic heterocycles. The minimum Gasteiger partial charge on any atom is -0.351 e. The second-order valence-electron chi connectivity index (χ2n) is 10.0. The highest BCUT2D eigenvalue weighted by atomic mass is 32.1. The number of aryl methyl sites for hydroxylation is 3. The van der Waals surface area contributed by atoms with E-state index in [0.29, 0.717) is 12.2 Å². The number of amides is 2. The Morgan fingerprint density at radius 2 is 1.79 bits per heavy atom. The molecule has 1 aromatic carbocycles. The van der Waals surface area contributed by atoms with Crippen molar-refractivity contribution in [3.8, 4) is 0 Å². The van der Waals surface area contributed by atoms with Gasteiger partial charge in [0.05, 0.1) is 16.8 Å². The normalized spacial score (nSPS) is 21.5. The topological polar surface area (TPSA) is 54.3 Å². The van der Waals surface area contributed by atoms with E-state index in [0.717, 1.165) is 59.1 Å². The quantitative estimate of drug-likeness (QED) is 0.536. The maximum Gasteiger partial charge on any atom is 0.275 e. The van der Waals surface area contributed by atoms with Crippen LogP contribution in [0.3, 0.4) is 0 Å². The first-order valence-electron chi connectivity index (χ1n) is 12.2. The molecule has 0 bridgehead atoms. The van der Waals surface area contributed by atoms with Crippen LogP contribution in [-0.4, -0.2) is 28.0 Å². The van der Waals surface area contributed by atoms with E-state index >= 15 is 0 Å². The van der Waals surface area contributed by atoms with Gasteiger partial charge in [0.1, 0.15) is 11.2 Å². The number of aromatic nitrogens is 1. The number of anilines is 1. The van der Waals surface area contributed by atoms with Crippen molar-refractivity contribution in [3.63, 3.8) is 0 Å². The fourth-order valence-electron chi connectivity index (χ4n) is 5.57. The number of hydrogen-bond acceptors (Lipinski definition) is 3. The molecule has 174 valence electrons. The van der Waals surface area contributed by atoms with Gasteiger partial charge in [0.25, 0.3) is 5.91 Å². The fourth-order valence-corrected chi connectivity index (χ4v) is 6.62. The van der Waals surface area contributed by atoms with Crippen molar-refractivity contribution in [3.05, 3.63) is 52.0 Å². The molecule has 1 N–H and O–H groups in total. The first-order chi connectivity index (χ1) is 15.8. The van der Waals surface area contributed by atoms with Crippen LogP contribution in [0.5, 0.6) is 0 Å². The van der Waals surface area contributed by atoms with Crippen LogP contribution in [-0.2, 0) is 17.8 Å². The van der Waals surface area contributed by atoms with Crippen LogP contribution in [0.25, 0.3) is 10.2 Å². The lowest BCUT2D eigenvalue weighted by Gasteiger charge is -2.45.